The molecule has 0 aromatic carbocycles. The molecule has 0 bridgehead atoms. The molecule has 0 aromatic heterocycles. The molecule has 0 radical (unpaired) electrons. The van der Waals surface area contributed by atoms with Crippen LogP contribution < -0.4 is 27.4 Å². The zero-order valence-electron chi connectivity index (χ0n) is 16.1. The van der Waals surface area contributed by atoms with E-state index in [2.05, 4.69) is 16.0 Å². The van der Waals surface area contributed by atoms with Crippen molar-refractivity contribution in [2.24, 2.45) is 17.4 Å². The Kier molecular flexibility index (Phi) is 10.9. The van der Waals surface area contributed by atoms with Gasteiger partial charge in [0.1, 0.15) is 18.1 Å². The van der Waals surface area contributed by atoms with Crippen LogP contribution in [-0.4, -0.2) is 70.5 Å². The van der Waals surface area contributed by atoms with Gasteiger partial charge in [-0.3, -0.25) is 24.0 Å². The minimum atomic E-state index is -1.48. The number of carbonyl (C=O) groups is 6. The Hall–Kier alpha value is -3.22. The van der Waals surface area contributed by atoms with Crippen LogP contribution in [0.2, 0.25) is 0 Å². The van der Waals surface area contributed by atoms with E-state index in [-0.39, 0.29) is 6.42 Å². The fraction of sp³-hybridized carbons (Fsp3) is 0.625. The third-order valence-corrected chi connectivity index (χ3v) is 3.75. The highest BCUT2D eigenvalue weighted by Crippen LogP contribution is 2.06. The Morgan fingerprint density at radius 3 is 1.90 bits per heavy atom. The summed E-state index contributed by atoms with van der Waals surface area (Å²) in [5, 5.41) is 24.5. The molecule has 0 heterocycles. The lowest BCUT2D eigenvalue weighted by molar-refractivity contribution is -0.143. The van der Waals surface area contributed by atoms with Crippen LogP contribution in [-0.2, 0) is 28.8 Å². The van der Waals surface area contributed by atoms with Crippen molar-refractivity contribution in [3.63, 3.8) is 0 Å². The highest BCUT2D eigenvalue weighted by Gasteiger charge is 2.31. The first-order valence-electron chi connectivity index (χ1n) is 8.72. The average molecular weight is 417 g/mol. The molecule has 13 nitrogen and oxygen atoms in total. The zero-order chi connectivity index (χ0) is 22.7. The molecule has 4 amide bonds. The smallest absolute Gasteiger partial charge is 0.326 e. The first-order valence-corrected chi connectivity index (χ1v) is 8.72. The summed E-state index contributed by atoms with van der Waals surface area (Å²) in [6.45, 7) is 2.69. The third kappa shape index (κ3) is 10.0. The molecule has 3 unspecified atom stereocenters. The fourth-order valence-corrected chi connectivity index (χ4v) is 2.24. The molecule has 0 saturated carbocycles. The Morgan fingerprint density at radius 1 is 0.897 bits per heavy atom. The van der Waals surface area contributed by atoms with Crippen LogP contribution >= 0.6 is 0 Å². The summed E-state index contributed by atoms with van der Waals surface area (Å²) in [4.78, 5) is 69.4. The molecule has 29 heavy (non-hydrogen) atoms. The number of primary amides is 1. The number of carbonyl (C=O) groups excluding carboxylic acids is 4. The lowest BCUT2D eigenvalue weighted by Gasteiger charge is -2.26. The van der Waals surface area contributed by atoms with Crippen LogP contribution in [0.25, 0.3) is 0 Å². The first-order chi connectivity index (χ1) is 13.4. The summed E-state index contributed by atoms with van der Waals surface area (Å²) >= 11 is 0. The van der Waals surface area contributed by atoms with Crippen LogP contribution in [0.3, 0.4) is 0 Å². The first kappa shape index (κ1) is 25.8. The molecular weight excluding hydrogens is 390 g/mol. The predicted molar refractivity (Wildman–Crippen MR) is 98.0 cm³/mol. The maximum Gasteiger partial charge on any atom is 0.326 e. The largest absolute Gasteiger partial charge is 0.481 e. The summed E-state index contributed by atoms with van der Waals surface area (Å²) in [6, 6.07) is -4.07. The van der Waals surface area contributed by atoms with E-state index in [4.69, 9.17) is 21.7 Å². The van der Waals surface area contributed by atoms with Crippen molar-refractivity contribution in [3.05, 3.63) is 0 Å². The maximum atomic E-state index is 12.5. The van der Waals surface area contributed by atoms with Gasteiger partial charge in [0.2, 0.25) is 23.6 Å². The molecule has 0 rings (SSSR count). The van der Waals surface area contributed by atoms with Crippen molar-refractivity contribution >= 4 is 35.6 Å². The SMILES string of the molecule is CC(C)C(NC(=O)C(CC(N)=O)NC(=O)CN)C(=O)NC(CCC(=O)O)C(=O)O. The number of carboxylic acid groups (broad SMARTS) is 2. The molecule has 164 valence electrons. The summed E-state index contributed by atoms with van der Waals surface area (Å²) in [6.07, 6.45) is -1.38. The van der Waals surface area contributed by atoms with Gasteiger partial charge in [-0.05, 0) is 12.3 Å². The van der Waals surface area contributed by atoms with Crippen molar-refractivity contribution in [3.8, 4) is 0 Å². The topological polar surface area (TPSA) is 231 Å². The number of hydrogen-bond acceptors (Lipinski definition) is 7. The molecule has 3 atom stereocenters. The van der Waals surface area contributed by atoms with Crippen LogP contribution in [0.5, 0.6) is 0 Å². The zero-order valence-corrected chi connectivity index (χ0v) is 16.1. The number of rotatable bonds is 13. The van der Waals surface area contributed by atoms with Gasteiger partial charge in [-0.2, -0.15) is 0 Å². The second-order valence-corrected chi connectivity index (χ2v) is 6.56. The number of carboxylic acids is 2. The van der Waals surface area contributed by atoms with Crippen molar-refractivity contribution < 1.29 is 39.0 Å². The standard InChI is InChI=1S/C16H27N5O8/c1-7(2)13(15(27)20-8(16(28)29)3-4-12(24)25)21-14(26)9(5-10(18)22)19-11(23)6-17/h7-9,13H,3-6,17H2,1-2H3,(H2,18,22)(H,19,23)(H,20,27)(H,21,26)(H,24,25)(H,28,29). The Bertz CT molecular complexity index is 651. The quantitative estimate of drug-likeness (QED) is 0.160. The van der Waals surface area contributed by atoms with Crippen molar-refractivity contribution in [1.82, 2.24) is 16.0 Å². The Morgan fingerprint density at radius 2 is 1.48 bits per heavy atom. The molecular formula is C16H27N5O8. The fourth-order valence-electron chi connectivity index (χ4n) is 2.24. The van der Waals surface area contributed by atoms with E-state index in [0.717, 1.165) is 0 Å². The molecule has 0 aliphatic heterocycles. The average Bonchev–Trinajstić information content (AvgIpc) is 2.60. The lowest BCUT2D eigenvalue weighted by Crippen LogP contribution is -2.58. The molecule has 0 aliphatic rings. The van der Waals surface area contributed by atoms with E-state index in [1.165, 1.54) is 0 Å². The number of amides is 4. The van der Waals surface area contributed by atoms with Crippen LogP contribution in [0, 0.1) is 5.92 Å². The Labute approximate surface area is 166 Å². The van der Waals surface area contributed by atoms with E-state index in [0.29, 0.717) is 0 Å². The van der Waals surface area contributed by atoms with Gasteiger partial charge in [0.05, 0.1) is 13.0 Å². The number of nitrogens with one attached hydrogen (secondary N) is 3. The van der Waals surface area contributed by atoms with E-state index < -0.39 is 79.0 Å². The van der Waals surface area contributed by atoms with Crippen LogP contribution in [0.1, 0.15) is 33.1 Å². The van der Waals surface area contributed by atoms with Crippen LogP contribution in [0.15, 0.2) is 0 Å². The molecule has 0 fully saturated rings. The van der Waals surface area contributed by atoms with E-state index in [1.54, 1.807) is 13.8 Å². The summed E-state index contributed by atoms with van der Waals surface area (Å²) in [7, 11) is 0. The summed E-state index contributed by atoms with van der Waals surface area (Å²) in [5.41, 5.74) is 10.2. The second kappa shape index (κ2) is 12.3. The molecule has 9 N–H and O–H groups in total. The van der Waals surface area contributed by atoms with Gasteiger partial charge in [0.25, 0.3) is 0 Å². The highest BCUT2D eigenvalue weighted by atomic mass is 16.4. The van der Waals surface area contributed by atoms with Gasteiger partial charge in [0, 0.05) is 6.42 Å². The van der Waals surface area contributed by atoms with Gasteiger partial charge >= 0.3 is 11.9 Å². The van der Waals surface area contributed by atoms with Crippen LogP contribution in [0.4, 0.5) is 0 Å². The molecule has 0 saturated heterocycles. The predicted octanol–water partition coefficient (Wildman–Crippen LogP) is -3.12. The molecule has 13 heteroatoms. The molecule has 0 aliphatic carbocycles. The van der Waals surface area contributed by atoms with Crippen molar-refractivity contribution in [2.45, 2.75) is 51.2 Å². The van der Waals surface area contributed by atoms with Crippen molar-refractivity contribution in [1.29, 1.82) is 0 Å². The third-order valence-electron chi connectivity index (χ3n) is 3.75. The molecule has 0 spiro atoms. The van der Waals surface area contributed by atoms with E-state index >= 15 is 0 Å². The van der Waals surface area contributed by atoms with Crippen molar-refractivity contribution in [2.75, 3.05) is 6.54 Å². The molecule has 0 aromatic rings. The van der Waals surface area contributed by atoms with Gasteiger partial charge in [-0.15, -0.1) is 0 Å². The minimum Gasteiger partial charge on any atom is -0.481 e. The summed E-state index contributed by atoms with van der Waals surface area (Å²) < 4.78 is 0. The minimum absolute atomic E-state index is 0.355. The van der Waals surface area contributed by atoms with Gasteiger partial charge in [-0.25, -0.2) is 4.79 Å². The van der Waals surface area contributed by atoms with Gasteiger partial charge in [-0.1, -0.05) is 13.8 Å². The summed E-state index contributed by atoms with van der Waals surface area (Å²) in [5.74, 6) is -6.54. The normalized spacial score (nSPS) is 13.7. The maximum absolute atomic E-state index is 12.5. The number of nitrogens with two attached hydrogens (primary N) is 2. The second-order valence-electron chi connectivity index (χ2n) is 6.56. The van der Waals surface area contributed by atoms with Gasteiger partial charge < -0.3 is 37.6 Å². The Balaban J connectivity index is 5.29. The monoisotopic (exact) mass is 417 g/mol. The van der Waals surface area contributed by atoms with E-state index in [1.807, 2.05) is 0 Å². The van der Waals surface area contributed by atoms with Gasteiger partial charge in [0.15, 0.2) is 0 Å². The lowest BCUT2D eigenvalue weighted by atomic mass is 10.0. The number of hydrogen-bond donors (Lipinski definition) is 7. The highest BCUT2D eigenvalue weighted by molar-refractivity contribution is 5.95. The van der Waals surface area contributed by atoms with E-state index in [9.17, 15) is 28.8 Å². The number of aliphatic carboxylic acids is 2.